The average molecular weight is 329 g/mol. The summed E-state index contributed by atoms with van der Waals surface area (Å²) in [6.45, 7) is 1.68. The highest BCUT2D eigenvalue weighted by Crippen LogP contribution is 2.21. The number of halogens is 1. The van der Waals surface area contributed by atoms with Gasteiger partial charge in [-0.2, -0.15) is 0 Å². The fourth-order valence-corrected chi connectivity index (χ4v) is 2.02. The van der Waals surface area contributed by atoms with Gasteiger partial charge in [0.15, 0.2) is 0 Å². The van der Waals surface area contributed by atoms with Crippen LogP contribution in [0.15, 0.2) is 24.3 Å². The molecule has 0 aliphatic carbocycles. The summed E-state index contributed by atoms with van der Waals surface area (Å²) in [7, 11) is 0. The van der Waals surface area contributed by atoms with Crippen LogP contribution in [0.3, 0.4) is 0 Å². The number of rotatable bonds is 8. The fourth-order valence-electron chi connectivity index (χ4n) is 1.85. The molecule has 122 valence electrons. The molecule has 0 bridgehead atoms. The third-order valence-electron chi connectivity index (χ3n) is 3.04. The predicted octanol–water partition coefficient (Wildman–Crippen LogP) is 1.17. The van der Waals surface area contributed by atoms with Crippen LogP contribution in [0, 0.1) is 0 Å². The van der Waals surface area contributed by atoms with Crippen molar-refractivity contribution in [3.8, 4) is 0 Å². The highest BCUT2D eigenvalue weighted by molar-refractivity contribution is 6.19. The maximum Gasteiger partial charge on any atom is 0.225 e. The lowest BCUT2D eigenvalue weighted by molar-refractivity contribution is -0.119. The summed E-state index contributed by atoms with van der Waals surface area (Å²) in [4.78, 5) is 22.1. The van der Waals surface area contributed by atoms with Gasteiger partial charge in [0.2, 0.25) is 11.8 Å². The lowest BCUT2D eigenvalue weighted by Crippen LogP contribution is -2.27. The quantitative estimate of drug-likeness (QED) is 0.538. The predicted molar refractivity (Wildman–Crippen MR) is 84.7 cm³/mol. The molecule has 0 heterocycles. The van der Waals surface area contributed by atoms with Gasteiger partial charge in [-0.1, -0.05) is 12.1 Å². The molecule has 2 amide bonds. The second-order valence-electron chi connectivity index (χ2n) is 4.89. The molecule has 7 heteroatoms. The Morgan fingerprint density at radius 2 is 1.86 bits per heavy atom. The van der Waals surface area contributed by atoms with E-state index in [0.717, 1.165) is 0 Å². The van der Waals surface area contributed by atoms with Crippen molar-refractivity contribution in [2.24, 2.45) is 0 Å². The molecule has 1 aromatic rings. The molecule has 2 unspecified atom stereocenters. The molecule has 4 N–H and O–H groups in total. The van der Waals surface area contributed by atoms with Gasteiger partial charge in [-0.15, -0.1) is 11.6 Å². The molecule has 0 fully saturated rings. The monoisotopic (exact) mass is 328 g/mol. The zero-order valence-corrected chi connectivity index (χ0v) is 13.1. The highest BCUT2D eigenvalue weighted by atomic mass is 35.5. The highest BCUT2D eigenvalue weighted by Gasteiger charge is 2.18. The Labute approximate surface area is 134 Å². The smallest absolute Gasteiger partial charge is 0.225 e. The Kier molecular flexibility index (Phi) is 7.87. The number of hydrogen-bond acceptors (Lipinski definition) is 4. The summed E-state index contributed by atoms with van der Waals surface area (Å²) in [5.41, 5.74) is 1.13. The summed E-state index contributed by atoms with van der Waals surface area (Å²) in [5, 5.41) is 25.2. The molecule has 0 saturated carbocycles. The molecule has 0 spiro atoms. The van der Waals surface area contributed by atoms with E-state index in [1.165, 1.54) is 6.92 Å². The van der Waals surface area contributed by atoms with Crippen LogP contribution >= 0.6 is 11.6 Å². The molecular weight excluding hydrogens is 308 g/mol. The van der Waals surface area contributed by atoms with Crippen LogP contribution in [-0.4, -0.2) is 40.6 Å². The second kappa shape index (κ2) is 9.40. The normalized spacial score (nSPS) is 13.3. The van der Waals surface area contributed by atoms with Gasteiger partial charge in [-0.25, -0.2) is 0 Å². The lowest BCUT2D eigenvalue weighted by atomic mass is 10.0. The van der Waals surface area contributed by atoms with Gasteiger partial charge in [0, 0.05) is 31.5 Å². The van der Waals surface area contributed by atoms with Gasteiger partial charge in [0.25, 0.3) is 0 Å². The molecule has 0 aromatic heterocycles. The van der Waals surface area contributed by atoms with Crippen molar-refractivity contribution >= 4 is 29.1 Å². The fraction of sp³-hybridized carbons (Fsp3) is 0.467. The Morgan fingerprint density at radius 1 is 1.23 bits per heavy atom. The van der Waals surface area contributed by atoms with E-state index in [-0.39, 0.29) is 30.5 Å². The van der Waals surface area contributed by atoms with E-state index in [2.05, 4.69) is 10.6 Å². The standard InChI is InChI=1S/C15H21ClN2O4/c1-10(19)17-9-7-13(20)15(22)11-2-4-12(5-3-11)18-14(21)6-8-16/h2-5,13,15,20,22H,6-9H2,1H3,(H,17,19)(H,18,21). The molecule has 0 aliphatic heterocycles. The van der Waals surface area contributed by atoms with E-state index in [4.69, 9.17) is 11.6 Å². The third-order valence-corrected chi connectivity index (χ3v) is 3.23. The molecular formula is C15H21ClN2O4. The maximum atomic E-state index is 11.4. The van der Waals surface area contributed by atoms with Gasteiger partial charge < -0.3 is 20.8 Å². The van der Waals surface area contributed by atoms with Gasteiger partial charge >= 0.3 is 0 Å². The summed E-state index contributed by atoms with van der Waals surface area (Å²) in [6, 6.07) is 6.54. The summed E-state index contributed by atoms with van der Waals surface area (Å²) in [5.74, 6) is -0.110. The molecule has 2 atom stereocenters. The zero-order valence-electron chi connectivity index (χ0n) is 12.4. The Morgan fingerprint density at radius 3 is 2.41 bits per heavy atom. The number of anilines is 1. The molecule has 0 saturated heterocycles. The largest absolute Gasteiger partial charge is 0.390 e. The molecule has 22 heavy (non-hydrogen) atoms. The number of nitrogens with one attached hydrogen (secondary N) is 2. The summed E-state index contributed by atoms with van der Waals surface area (Å²) >= 11 is 5.48. The number of aliphatic hydroxyl groups excluding tert-OH is 2. The average Bonchev–Trinajstić information content (AvgIpc) is 2.47. The SMILES string of the molecule is CC(=O)NCCC(O)C(O)c1ccc(NC(=O)CCCl)cc1. The van der Waals surface area contributed by atoms with Crippen molar-refractivity contribution in [2.45, 2.75) is 32.0 Å². The molecule has 1 aromatic carbocycles. The minimum atomic E-state index is -1.05. The topological polar surface area (TPSA) is 98.7 Å². The number of amides is 2. The number of aliphatic hydroxyl groups is 2. The van der Waals surface area contributed by atoms with Crippen molar-refractivity contribution < 1.29 is 19.8 Å². The van der Waals surface area contributed by atoms with Crippen LogP contribution in [0.5, 0.6) is 0 Å². The third kappa shape index (κ3) is 6.43. The van der Waals surface area contributed by atoms with E-state index in [1.807, 2.05) is 0 Å². The minimum absolute atomic E-state index is 0.182. The molecule has 0 radical (unpaired) electrons. The van der Waals surface area contributed by atoms with Crippen LogP contribution in [0.2, 0.25) is 0 Å². The van der Waals surface area contributed by atoms with Gasteiger partial charge in [0.1, 0.15) is 6.10 Å². The van der Waals surface area contributed by atoms with Crippen LogP contribution in [0.25, 0.3) is 0 Å². The minimum Gasteiger partial charge on any atom is -0.390 e. The number of hydrogen-bond donors (Lipinski definition) is 4. The molecule has 6 nitrogen and oxygen atoms in total. The first-order chi connectivity index (χ1) is 10.4. The maximum absolute atomic E-state index is 11.4. The van der Waals surface area contributed by atoms with Crippen molar-refractivity contribution in [1.29, 1.82) is 0 Å². The lowest BCUT2D eigenvalue weighted by Gasteiger charge is -2.18. The van der Waals surface area contributed by atoms with Crippen molar-refractivity contribution in [1.82, 2.24) is 5.32 Å². The van der Waals surface area contributed by atoms with E-state index in [0.29, 0.717) is 17.8 Å². The first-order valence-electron chi connectivity index (χ1n) is 7.00. The molecule has 0 aliphatic rings. The van der Waals surface area contributed by atoms with E-state index >= 15 is 0 Å². The Hall–Kier alpha value is -1.63. The van der Waals surface area contributed by atoms with Crippen molar-refractivity contribution in [2.75, 3.05) is 17.7 Å². The number of carbonyl (C=O) groups is 2. The van der Waals surface area contributed by atoms with Crippen LogP contribution in [0.4, 0.5) is 5.69 Å². The van der Waals surface area contributed by atoms with Gasteiger partial charge in [0.05, 0.1) is 6.10 Å². The number of benzene rings is 1. The summed E-state index contributed by atoms with van der Waals surface area (Å²) < 4.78 is 0. The van der Waals surface area contributed by atoms with Crippen molar-refractivity contribution in [3.63, 3.8) is 0 Å². The van der Waals surface area contributed by atoms with E-state index in [1.54, 1.807) is 24.3 Å². The van der Waals surface area contributed by atoms with E-state index in [9.17, 15) is 19.8 Å². The second-order valence-corrected chi connectivity index (χ2v) is 5.27. The Balaban J connectivity index is 2.53. The van der Waals surface area contributed by atoms with E-state index < -0.39 is 12.2 Å². The number of carbonyl (C=O) groups excluding carboxylic acids is 2. The van der Waals surface area contributed by atoms with Crippen molar-refractivity contribution in [3.05, 3.63) is 29.8 Å². The van der Waals surface area contributed by atoms with Gasteiger partial charge in [-0.3, -0.25) is 9.59 Å². The van der Waals surface area contributed by atoms with Gasteiger partial charge in [-0.05, 0) is 24.1 Å². The Bertz CT molecular complexity index is 493. The first-order valence-corrected chi connectivity index (χ1v) is 7.54. The number of alkyl halides is 1. The molecule has 1 rings (SSSR count). The van der Waals surface area contributed by atoms with Crippen LogP contribution in [-0.2, 0) is 9.59 Å². The first kappa shape index (κ1) is 18.4. The van der Waals surface area contributed by atoms with Crippen LogP contribution in [0.1, 0.15) is 31.4 Å². The zero-order chi connectivity index (χ0) is 16.5. The summed E-state index contributed by atoms with van der Waals surface area (Å²) in [6.07, 6.45) is -1.56. The van der Waals surface area contributed by atoms with Crippen LogP contribution < -0.4 is 10.6 Å².